The van der Waals surface area contributed by atoms with Gasteiger partial charge in [0.2, 0.25) is 0 Å². The van der Waals surface area contributed by atoms with Gasteiger partial charge in [-0.15, -0.1) is 0 Å². The lowest BCUT2D eigenvalue weighted by Gasteiger charge is -2.12. The Morgan fingerprint density at radius 1 is 0.630 bits per heavy atom. The monoisotopic (exact) mass is 526 g/mol. The fourth-order valence-electron chi connectivity index (χ4n) is 2.68. The molecule has 7 heteroatoms. The molecular weight excluding hydrogens is 508 g/mol. The molecule has 148 valence electrons. The topological polar surface area (TPSA) is 0 Å². The molecule has 0 saturated carbocycles. The van der Waals surface area contributed by atoms with E-state index in [1.54, 1.807) is 11.8 Å². The van der Waals surface area contributed by atoms with E-state index in [1.165, 1.54) is 24.3 Å². The number of hydrogen-bond donors (Lipinski definition) is 0. The minimum atomic E-state index is -0.564. The van der Waals surface area contributed by atoms with Crippen molar-refractivity contribution in [2.24, 2.45) is 0 Å². The van der Waals surface area contributed by atoms with Crippen LogP contribution < -0.4 is 0 Å². The molecule has 0 N–H and O–H groups in total. The molecule has 0 saturated heterocycles. The molecule has 0 aliphatic carbocycles. The van der Waals surface area contributed by atoms with Gasteiger partial charge in [0.25, 0.3) is 0 Å². The van der Waals surface area contributed by atoms with E-state index in [1.807, 2.05) is 0 Å². The summed E-state index contributed by atoms with van der Waals surface area (Å²) < 4.78 is 53.0. The average molecular weight is 528 g/mol. The van der Waals surface area contributed by atoms with Gasteiger partial charge in [0.1, 0.15) is 23.3 Å². The molecular formula is C20H20Br2F4S. The number of benzene rings is 2. The highest BCUT2D eigenvalue weighted by Crippen LogP contribution is 2.31. The zero-order chi connectivity index (χ0) is 19.8. The minimum absolute atomic E-state index is 0.0712. The van der Waals surface area contributed by atoms with Gasteiger partial charge in [0, 0.05) is 21.8 Å². The number of alkyl halides is 2. The van der Waals surface area contributed by atoms with Crippen LogP contribution in [0.15, 0.2) is 36.4 Å². The van der Waals surface area contributed by atoms with Crippen molar-refractivity contribution in [3.8, 4) is 0 Å². The number of hydrogen-bond acceptors (Lipinski definition) is 1. The van der Waals surface area contributed by atoms with Crippen molar-refractivity contribution in [3.05, 3.63) is 70.8 Å². The van der Waals surface area contributed by atoms with Crippen LogP contribution in [0.25, 0.3) is 0 Å². The first-order valence-electron chi connectivity index (χ1n) is 8.63. The Morgan fingerprint density at radius 2 is 0.963 bits per heavy atom. The van der Waals surface area contributed by atoms with Crippen molar-refractivity contribution in [1.29, 1.82) is 0 Å². The lowest BCUT2D eigenvalue weighted by molar-refractivity contribution is 0.577. The van der Waals surface area contributed by atoms with Crippen LogP contribution in [0.2, 0.25) is 0 Å². The Balaban J connectivity index is 1.61. The Morgan fingerprint density at radius 3 is 1.30 bits per heavy atom. The van der Waals surface area contributed by atoms with Crippen LogP contribution in [0.4, 0.5) is 17.6 Å². The van der Waals surface area contributed by atoms with E-state index in [9.17, 15) is 17.6 Å². The number of halogens is 6. The van der Waals surface area contributed by atoms with Crippen LogP contribution in [-0.4, -0.2) is 11.5 Å². The second-order valence-corrected chi connectivity index (χ2v) is 9.67. The molecule has 0 nitrogen and oxygen atoms in total. The third-order valence-electron chi connectivity index (χ3n) is 3.99. The molecule has 0 radical (unpaired) electrons. The third kappa shape index (κ3) is 8.16. The first-order chi connectivity index (χ1) is 12.8. The van der Waals surface area contributed by atoms with Gasteiger partial charge in [-0.25, -0.2) is 17.6 Å². The van der Waals surface area contributed by atoms with Gasteiger partial charge < -0.3 is 0 Å². The summed E-state index contributed by atoms with van der Waals surface area (Å²) in [7, 11) is 0. The van der Waals surface area contributed by atoms with E-state index in [0.717, 1.165) is 49.3 Å². The Labute approximate surface area is 178 Å². The van der Waals surface area contributed by atoms with Gasteiger partial charge in [-0.1, -0.05) is 31.9 Å². The van der Waals surface area contributed by atoms with Gasteiger partial charge in [0.05, 0.1) is 0 Å². The van der Waals surface area contributed by atoms with Crippen LogP contribution in [0, 0.1) is 23.3 Å². The molecule has 2 aromatic rings. The fraction of sp³-hybridized carbons (Fsp3) is 0.400. The highest BCUT2D eigenvalue weighted by Gasteiger charge is 2.12. The summed E-state index contributed by atoms with van der Waals surface area (Å²) >= 11 is 8.77. The van der Waals surface area contributed by atoms with Crippen LogP contribution >= 0.6 is 43.6 Å². The van der Waals surface area contributed by atoms with Crippen LogP contribution in [0.3, 0.4) is 0 Å². The molecule has 2 rings (SSSR count). The van der Waals surface area contributed by atoms with Crippen molar-refractivity contribution in [2.75, 3.05) is 11.5 Å². The van der Waals surface area contributed by atoms with Crippen LogP contribution in [-0.2, 0) is 0 Å². The Bertz CT molecular complexity index is 640. The zero-order valence-corrected chi connectivity index (χ0v) is 18.5. The molecule has 0 aliphatic heterocycles. The van der Waals surface area contributed by atoms with Gasteiger partial charge in [0.15, 0.2) is 0 Å². The predicted octanol–water partition coefficient (Wildman–Crippen LogP) is 8.11. The second kappa shape index (κ2) is 11.5. The van der Waals surface area contributed by atoms with E-state index in [4.69, 9.17) is 0 Å². The highest BCUT2D eigenvalue weighted by atomic mass is 79.9. The molecule has 0 aromatic heterocycles. The predicted molar refractivity (Wildman–Crippen MR) is 112 cm³/mol. The molecule has 0 amide bonds. The van der Waals surface area contributed by atoms with Crippen molar-refractivity contribution in [3.63, 3.8) is 0 Å². The molecule has 0 fully saturated rings. The van der Waals surface area contributed by atoms with Crippen LogP contribution in [0.1, 0.15) is 46.5 Å². The minimum Gasteiger partial charge on any atom is -0.207 e. The summed E-state index contributed by atoms with van der Waals surface area (Å²) in [5.74, 6) is -0.363. The molecule has 0 spiro atoms. The van der Waals surface area contributed by atoms with E-state index in [2.05, 4.69) is 31.9 Å². The fourth-order valence-corrected chi connectivity index (χ4v) is 4.80. The van der Waals surface area contributed by atoms with Crippen molar-refractivity contribution < 1.29 is 17.6 Å². The number of rotatable bonds is 10. The summed E-state index contributed by atoms with van der Waals surface area (Å²) in [6.07, 6.45) is 3.43. The quantitative estimate of drug-likeness (QED) is 0.171. The van der Waals surface area contributed by atoms with Crippen molar-refractivity contribution in [2.45, 2.75) is 35.3 Å². The molecule has 2 atom stereocenters. The molecule has 2 unspecified atom stereocenters. The van der Waals surface area contributed by atoms with E-state index < -0.39 is 23.3 Å². The molecule has 0 aliphatic rings. The van der Waals surface area contributed by atoms with Gasteiger partial charge in [-0.3, -0.25) is 0 Å². The maximum Gasteiger partial charge on any atom is 0.126 e. The summed E-state index contributed by atoms with van der Waals surface area (Å²) in [4.78, 5) is -0.142. The van der Waals surface area contributed by atoms with Gasteiger partial charge in [-0.05, 0) is 72.6 Å². The lowest BCUT2D eigenvalue weighted by Crippen LogP contribution is -1.96. The Kier molecular flexibility index (Phi) is 9.66. The number of thioether (sulfide) groups is 1. The van der Waals surface area contributed by atoms with Crippen LogP contribution in [0.5, 0.6) is 0 Å². The molecule has 27 heavy (non-hydrogen) atoms. The van der Waals surface area contributed by atoms with Crippen molar-refractivity contribution in [1.82, 2.24) is 0 Å². The normalized spacial score (nSPS) is 13.6. The molecule has 2 aromatic carbocycles. The smallest absolute Gasteiger partial charge is 0.126 e. The molecule has 0 heterocycles. The van der Waals surface area contributed by atoms with Gasteiger partial charge in [-0.2, -0.15) is 11.8 Å². The summed E-state index contributed by atoms with van der Waals surface area (Å²) in [5, 5.41) is 0. The maximum absolute atomic E-state index is 13.2. The third-order valence-corrected chi connectivity index (χ3v) is 7.11. The van der Waals surface area contributed by atoms with Gasteiger partial charge >= 0.3 is 0 Å². The lowest BCUT2D eigenvalue weighted by atomic mass is 10.1. The zero-order valence-electron chi connectivity index (χ0n) is 14.5. The largest absolute Gasteiger partial charge is 0.207 e. The highest BCUT2D eigenvalue weighted by molar-refractivity contribution is 9.09. The van der Waals surface area contributed by atoms with E-state index >= 15 is 0 Å². The average Bonchev–Trinajstić information content (AvgIpc) is 2.58. The summed E-state index contributed by atoms with van der Waals surface area (Å²) in [5.41, 5.74) is 1.23. The standard InChI is InChI=1S/C20H20Br2F4S/c21-19(13-7-15(23)11-16(24)8-13)3-1-5-27-6-2-4-20(22)14-9-17(25)12-18(26)10-14/h7-12,19-20H,1-6H2. The van der Waals surface area contributed by atoms with E-state index in [0.29, 0.717) is 11.1 Å². The SMILES string of the molecule is Fc1cc(F)cc(C(Br)CCCSCCCC(Br)c2cc(F)cc(F)c2)c1. The summed E-state index contributed by atoms with van der Waals surface area (Å²) in [6, 6.07) is 7.13. The van der Waals surface area contributed by atoms with Crippen molar-refractivity contribution >= 4 is 43.6 Å². The molecule has 0 bridgehead atoms. The first-order valence-corrected chi connectivity index (χ1v) is 11.6. The summed E-state index contributed by atoms with van der Waals surface area (Å²) in [6.45, 7) is 0. The van der Waals surface area contributed by atoms with E-state index in [-0.39, 0.29) is 9.65 Å². The second-order valence-electron chi connectivity index (χ2n) is 6.24. The Hall–Kier alpha value is -0.530. The maximum atomic E-state index is 13.2. The first kappa shape index (κ1) is 22.8.